The number of aromatic hydroxyl groups is 1. The van der Waals surface area contributed by atoms with Crippen molar-refractivity contribution < 1.29 is 5.11 Å². The first-order valence-corrected chi connectivity index (χ1v) is 7.22. The second kappa shape index (κ2) is 7.77. The van der Waals surface area contributed by atoms with Crippen molar-refractivity contribution in [2.24, 2.45) is 0 Å². The predicted molar refractivity (Wildman–Crippen MR) is 80.0 cm³/mol. The van der Waals surface area contributed by atoms with Gasteiger partial charge in [-0.2, -0.15) is 0 Å². The summed E-state index contributed by atoms with van der Waals surface area (Å²) in [5, 5.41) is 13.2. The Morgan fingerprint density at radius 1 is 1.44 bits per heavy atom. The lowest BCUT2D eigenvalue weighted by Gasteiger charge is -2.28. The van der Waals surface area contributed by atoms with Crippen LogP contribution in [0, 0.1) is 0 Å². The van der Waals surface area contributed by atoms with Crippen molar-refractivity contribution in [3.63, 3.8) is 0 Å². The normalized spacial score (nSPS) is 12.9. The van der Waals surface area contributed by atoms with Gasteiger partial charge in [0.15, 0.2) is 0 Å². The summed E-state index contributed by atoms with van der Waals surface area (Å²) in [6.45, 7) is 4.19. The van der Waals surface area contributed by atoms with Crippen molar-refractivity contribution in [1.29, 1.82) is 0 Å². The smallest absolute Gasteiger partial charge is 0.120 e. The number of phenols is 1. The molecule has 1 aromatic carbocycles. The SMILES string of the molecule is CCC(c1cc(Br)ccc1O)N(C)CCCNC. The van der Waals surface area contributed by atoms with Crippen LogP contribution in [0.2, 0.25) is 0 Å². The summed E-state index contributed by atoms with van der Waals surface area (Å²) < 4.78 is 1.01. The molecule has 102 valence electrons. The van der Waals surface area contributed by atoms with Crippen molar-refractivity contribution in [1.82, 2.24) is 10.2 Å². The second-order valence-electron chi connectivity index (χ2n) is 4.56. The van der Waals surface area contributed by atoms with E-state index >= 15 is 0 Å². The second-order valence-corrected chi connectivity index (χ2v) is 5.48. The van der Waals surface area contributed by atoms with Crippen LogP contribution in [0.5, 0.6) is 5.75 Å². The highest BCUT2D eigenvalue weighted by atomic mass is 79.9. The van der Waals surface area contributed by atoms with Gasteiger partial charge in [-0.3, -0.25) is 4.90 Å². The van der Waals surface area contributed by atoms with Crippen LogP contribution >= 0.6 is 15.9 Å². The molecule has 1 rings (SSSR count). The van der Waals surface area contributed by atoms with E-state index in [4.69, 9.17) is 0 Å². The summed E-state index contributed by atoms with van der Waals surface area (Å²) in [4.78, 5) is 2.30. The molecule has 1 unspecified atom stereocenters. The number of phenolic OH excluding ortho intramolecular Hbond substituents is 1. The van der Waals surface area contributed by atoms with Crippen molar-refractivity contribution >= 4 is 15.9 Å². The lowest BCUT2D eigenvalue weighted by molar-refractivity contribution is 0.231. The molecule has 0 saturated heterocycles. The van der Waals surface area contributed by atoms with Crippen LogP contribution in [0.15, 0.2) is 22.7 Å². The minimum atomic E-state index is 0.263. The maximum Gasteiger partial charge on any atom is 0.120 e. The average molecular weight is 315 g/mol. The van der Waals surface area contributed by atoms with Gasteiger partial charge in [0.1, 0.15) is 5.75 Å². The molecule has 18 heavy (non-hydrogen) atoms. The highest BCUT2D eigenvalue weighted by molar-refractivity contribution is 9.10. The Balaban J connectivity index is 2.78. The molecule has 1 aromatic rings. The van der Waals surface area contributed by atoms with E-state index in [2.05, 4.69) is 40.1 Å². The van der Waals surface area contributed by atoms with Crippen molar-refractivity contribution in [3.8, 4) is 5.75 Å². The van der Waals surface area contributed by atoms with Gasteiger partial charge in [0.05, 0.1) is 0 Å². The number of halogens is 1. The van der Waals surface area contributed by atoms with E-state index in [0.29, 0.717) is 5.75 Å². The van der Waals surface area contributed by atoms with Gasteiger partial charge in [-0.15, -0.1) is 0 Å². The van der Waals surface area contributed by atoms with E-state index in [1.54, 1.807) is 6.07 Å². The molecule has 0 aliphatic carbocycles. The van der Waals surface area contributed by atoms with Gasteiger partial charge in [0.2, 0.25) is 0 Å². The zero-order chi connectivity index (χ0) is 13.5. The number of rotatable bonds is 7. The molecule has 4 heteroatoms. The fourth-order valence-corrected chi connectivity index (χ4v) is 2.60. The van der Waals surface area contributed by atoms with Crippen LogP contribution in [-0.4, -0.2) is 37.2 Å². The summed E-state index contributed by atoms with van der Waals surface area (Å²) in [6.07, 6.45) is 2.10. The first-order chi connectivity index (χ1) is 8.60. The van der Waals surface area contributed by atoms with Gasteiger partial charge in [-0.25, -0.2) is 0 Å². The van der Waals surface area contributed by atoms with Crippen LogP contribution in [0.3, 0.4) is 0 Å². The molecule has 0 spiro atoms. The van der Waals surface area contributed by atoms with Crippen LogP contribution in [0.1, 0.15) is 31.4 Å². The molecule has 1 atom stereocenters. The number of nitrogens with one attached hydrogen (secondary N) is 1. The van der Waals surface area contributed by atoms with Gasteiger partial charge < -0.3 is 10.4 Å². The molecule has 0 radical (unpaired) electrons. The molecule has 0 saturated carbocycles. The third-order valence-electron chi connectivity index (χ3n) is 3.20. The zero-order valence-corrected chi connectivity index (χ0v) is 13.0. The fraction of sp³-hybridized carbons (Fsp3) is 0.571. The number of nitrogens with zero attached hydrogens (tertiary/aromatic N) is 1. The standard InChI is InChI=1S/C14H23BrN2O/c1-4-13(17(3)9-5-8-16-2)12-10-11(15)6-7-14(12)18/h6-7,10,13,16,18H,4-5,8-9H2,1-3H3. The molecular weight excluding hydrogens is 292 g/mol. The summed E-state index contributed by atoms with van der Waals surface area (Å²) >= 11 is 3.47. The topological polar surface area (TPSA) is 35.5 Å². The number of hydrogen-bond donors (Lipinski definition) is 2. The molecule has 0 heterocycles. The quantitative estimate of drug-likeness (QED) is 0.759. The van der Waals surface area contributed by atoms with Crippen LogP contribution in [0.4, 0.5) is 0 Å². The van der Waals surface area contributed by atoms with E-state index in [1.807, 2.05) is 19.2 Å². The average Bonchev–Trinajstić information content (AvgIpc) is 2.35. The largest absolute Gasteiger partial charge is 0.508 e. The Hall–Kier alpha value is -0.580. The molecular formula is C14H23BrN2O. The van der Waals surface area contributed by atoms with E-state index in [1.165, 1.54) is 0 Å². The molecule has 0 fully saturated rings. The van der Waals surface area contributed by atoms with Crippen molar-refractivity contribution in [2.45, 2.75) is 25.8 Å². The lowest BCUT2D eigenvalue weighted by atomic mass is 10.0. The van der Waals surface area contributed by atoms with Crippen molar-refractivity contribution in [2.75, 3.05) is 27.2 Å². The number of benzene rings is 1. The highest BCUT2D eigenvalue weighted by Gasteiger charge is 2.18. The fourth-order valence-electron chi connectivity index (χ4n) is 2.22. The molecule has 2 N–H and O–H groups in total. The molecule has 0 aliphatic rings. The van der Waals surface area contributed by atoms with E-state index in [0.717, 1.165) is 36.0 Å². The molecule has 0 amide bonds. The monoisotopic (exact) mass is 314 g/mol. The number of hydrogen-bond acceptors (Lipinski definition) is 3. The Kier molecular flexibility index (Phi) is 6.68. The van der Waals surface area contributed by atoms with E-state index in [-0.39, 0.29) is 6.04 Å². The molecule has 0 bridgehead atoms. The van der Waals surface area contributed by atoms with Gasteiger partial charge in [-0.1, -0.05) is 22.9 Å². The maximum absolute atomic E-state index is 10.00. The Bertz CT molecular complexity index is 371. The summed E-state index contributed by atoms with van der Waals surface area (Å²) in [5.41, 5.74) is 0.999. The predicted octanol–water partition coefficient (Wildman–Crippen LogP) is 3.15. The summed E-state index contributed by atoms with van der Waals surface area (Å²) in [6, 6.07) is 5.90. The third-order valence-corrected chi connectivity index (χ3v) is 3.70. The molecule has 0 aliphatic heterocycles. The van der Waals surface area contributed by atoms with Crippen LogP contribution in [0.25, 0.3) is 0 Å². The van der Waals surface area contributed by atoms with Gasteiger partial charge in [0, 0.05) is 16.1 Å². The Labute approximate surface area is 118 Å². The van der Waals surface area contributed by atoms with E-state index < -0.39 is 0 Å². The first kappa shape index (κ1) is 15.5. The third kappa shape index (κ3) is 4.26. The van der Waals surface area contributed by atoms with Crippen LogP contribution < -0.4 is 5.32 Å². The maximum atomic E-state index is 10.00. The Morgan fingerprint density at radius 2 is 2.17 bits per heavy atom. The minimum absolute atomic E-state index is 0.263. The first-order valence-electron chi connectivity index (χ1n) is 6.43. The van der Waals surface area contributed by atoms with Gasteiger partial charge in [-0.05, 0) is 58.2 Å². The lowest BCUT2D eigenvalue weighted by Crippen LogP contribution is -2.27. The Morgan fingerprint density at radius 3 is 2.78 bits per heavy atom. The van der Waals surface area contributed by atoms with Gasteiger partial charge in [0.25, 0.3) is 0 Å². The van der Waals surface area contributed by atoms with Crippen LogP contribution in [-0.2, 0) is 0 Å². The minimum Gasteiger partial charge on any atom is -0.508 e. The summed E-state index contributed by atoms with van der Waals surface area (Å²) in [5.74, 6) is 0.380. The van der Waals surface area contributed by atoms with Crippen molar-refractivity contribution in [3.05, 3.63) is 28.2 Å². The highest BCUT2D eigenvalue weighted by Crippen LogP contribution is 2.32. The molecule has 0 aromatic heterocycles. The van der Waals surface area contributed by atoms with E-state index in [9.17, 15) is 5.11 Å². The molecule has 3 nitrogen and oxygen atoms in total. The summed E-state index contributed by atoms with van der Waals surface area (Å²) in [7, 11) is 4.08. The van der Waals surface area contributed by atoms with Gasteiger partial charge >= 0.3 is 0 Å². The zero-order valence-electron chi connectivity index (χ0n) is 11.4.